The number of nitrogens with zero attached hydrogens (tertiary/aromatic N) is 4. The van der Waals surface area contributed by atoms with E-state index in [9.17, 15) is 13.6 Å². The van der Waals surface area contributed by atoms with Crippen LogP contribution in [-0.4, -0.2) is 60.2 Å². The van der Waals surface area contributed by atoms with E-state index in [2.05, 4.69) is 4.98 Å². The number of carbonyl (C=O) groups excluding carboxylic acids is 1. The van der Waals surface area contributed by atoms with Crippen LogP contribution in [-0.2, 0) is 21.5 Å². The molecule has 1 spiro atoms. The fourth-order valence-electron chi connectivity index (χ4n) is 4.75. The van der Waals surface area contributed by atoms with Gasteiger partial charge in [-0.05, 0) is 18.6 Å². The van der Waals surface area contributed by atoms with Gasteiger partial charge in [0.15, 0.2) is 22.5 Å². The standard InChI is InChI=1S/C22H23ClF2N4O3/c1-28-11-16-18(22(21(28)30)6-9-31-12-22)27-20(19(23)26-16)29-7-4-14(5-8-29)32-17-3-2-13(24)10-15(17)25/h2-3,10,14H,4-9,11-12H2,1H3. The molecule has 1 aromatic heterocycles. The van der Waals surface area contributed by atoms with Crippen LogP contribution in [0, 0.1) is 11.6 Å². The van der Waals surface area contributed by atoms with Crippen molar-refractivity contribution in [3.05, 3.63) is 46.4 Å². The maximum absolute atomic E-state index is 13.9. The van der Waals surface area contributed by atoms with Crippen LogP contribution in [0.15, 0.2) is 18.2 Å². The zero-order chi connectivity index (χ0) is 22.5. The van der Waals surface area contributed by atoms with Gasteiger partial charge in [0.1, 0.15) is 17.3 Å². The third kappa shape index (κ3) is 3.57. The molecule has 32 heavy (non-hydrogen) atoms. The number of aromatic nitrogens is 2. The summed E-state index contributed by atoms with van der Waals surface area (Å²) in [6, 6.07) is 3.30. The van der Waals surface area contributed by atoms with E-state index in [1.807, 2.05) is 4.90 Å². The largest absolute Gasteiger partial charge is 0.487 e. The van der Waals surface area contributed by atoms with E-state index in [1.165, 1.54) is 12.1 Å². The molecule has 5 rings (SSSR count). The molecular weight excluding hydrogens is 442 g/mol. The summed E-state index contributed by atoms with van der Waals surface area (Å²) in [4.78, 5) is 26.1. The Bertz CT molecular complexity index is 1060. The monoisotopic (exact) mass is 464 g/mol. The molecule has 2 fully saturated rings. The van der Waals surface area contributed by atoms with Crippen molar-refractivity contribution in [2.24, 2.45) is 0 Å². The molecule has 0 radical (unpaired) electrons. The van der Waals surface area contributed by atoms with Crippen LogP contribution < -0.4 is 9.64 Å². The minimum absolute atomic E-state index is 0.00138. The van der Waals surface area contributed by atoms with Gasteiger partial charge in [-0.3, -0.25) is 4.79 Å². The van der Waals surface area contributed by atoms with E-state index in [1.54, 1.807) is 11.9 Å². The number of piperidine rings is 1. The van der Waals surface area contributed by atoms with Crippen molar-refractivity contribution in [2.75, 3.05) is 38.3 Å². The third-order valence-electron chi connectivity index (χ3n) is 6.46. The van der Waals surface area contributed by atoms with Crippen molar-refractivity contribution in [1.29, 1.82) is 0 Å². The molecule has 0 aliphatic carbocycles. The molecule has 1 unspecified atom stereocenters. The Hall–Kier alpha value is -2.52. The first-order valence-corrected chi connectivity index (χ1v) is 11.0. The number of hydrogen-bond acceptors (Lipinski definition) is 6. The van der Waals surface area contributed by atoms with Crippen LogP contribution in [0.4, 0.5) is 14.6 Å². The normalized spacial score (nSPS) is 23.7. The molecule has 0 saturated carbocycles. The van der Waals surface area contributed by atoms with E-state index in [4.69, 9.17) is 26.1 Å². The van der Waals surface area contributed by atoms with Crippen LogP contribution in [0.5, 0.6) is 5.75 Å². The lowest BCUT2D eigenvalue weighted by Gasteiger charge is -2.38. The smallest absolute Gasteiger partial charge is 0.237 e. The lowest BCUT2D eigenvalue weighted by molar-refractivity contribution is -0.138. The van der Waals surface area contributed by atoms with E-state index < -0.39 is 17.0 Å². The first kappa shape index (κ1) is 21.3. The summed E-state index contributed by atoms with van der Waals surface area (Å²) >= 11 is 6.51. The quantitative estimate of drug-likeness (QED) is 0.695. The molecule has 10 heteroatoms. The molecule has 3 aliphatic rings. The average Bonchev–Trinajstić information content (AvgIpc) is 3.25. The summed E-state index contributed by atoms with van der Waals surface area (Å²) in [5, 5.41) is 0.296. The fourth-order valence-corrected chi connectivity index (χ4v) is 5.02. The number of carbonyl (C=O) groups is 1. The van der Waals surface area contributed by atoms with Gasteiger partial charge < -0.3 is 19.3 Å². The van der Waals surface area contributed by atoms with Gasteiger partial charge in [0.25, 0.3) is 0 Å². The number of anilines is 1. The summed E-state index contributed by atoms with van der Waals surface area (Å²) in [5.41, 5.74) is 0.552. The maximum atomic E-state index is 13.9. The Morgan fingerprint density at radius 1 is 1.25 bits per heavy atom. The molecule has 4 heterocycles. The highest BCUT2D eigenvalue weighted by atomic mass is 35.5. The summed E-state index contributed by atoms with van der Waals surface area (Å²) in [6.45, 7) is 2.32. The molecule has 0 bridgehead atoms. The molecule has 1 atom stereocenters. The minimum atomic E-state index is -0.809. The molecule has 1 amide bonds. The molecule has 0 N–H and O–H groups in total. The third-order valence-corrected chi connectivity index (χ3v) is 6.71. The van der Waals surface area contributed by atoms with Crippen molar-refractivity contribution >= 4 is 23.3 Å². The maximum Gasteiger partial charge on any atom is 0.237 e. The number of amides is 1. The van der Waals surface area contributed by atoms with Crippen molar-refractivity contribution in [3.63, 3.8) is 0 Å². The van der Waals surface area contributed by atoms with E-state index in [-0.39, 0.29) is 24.4 Å². The van der Waals surface area contributed by atoms with Crippen LogP contribution >= 0.6 is 11.6 Å². The average molecular weight is 465 g/mol. The first-order valence-electron chi connectivity index (χ1n) is 10.6. The zero-order valence-electron chi connectivity index (χ0n) is 17.6. The van der Waals surface area contributed by atoms with Gasteiger partial charge in [-0.2, -0.15) is 0 Å². The van der Waals surface area contributed by atoms with Gasteiger partial charge in [-0.1, -0.05) is 11.6 Å². The second-order valence-corrected chi connectivity index (χ2v) is 8.92. The van der Waals surface area contributed by atoms with Gasteiger partial charge in [-0.25, -0.2) is 18.7 Å². The molecule has 3 aliphatic heterocycles. The van der Waals surface area contributed by atoms with E-state index in [0.29, 0.717) is 67.9 Å². The predicted octanol–water partition coefficient (Wildman–Crippen LogP) is 3.09. The number of rotatable bonds is 3. The molecular formula is C22H23ClF2N4O3. The summed E-state index contributed by atoms with van der Waals surface area (Å²) in [6.07, 6.45) is 1.59. The molecule has 2 aromatic rings. The first-order chi connectivity index (χ1) is 15.4. The Labute approximate surface area is 189 Å². The summed E-state index contributed by atoms with van der Waals surface area (Å²) in [5.74, 6) is -0.767. The Morgan fingerprint density at radius 3 is 2.72 bits per heavy atom. The number of likely N-dealkylation sites (N-methyl/N-ethyl adjacent to an activating group) is 1. The number of ether oxygens (including phenoxy) is 2. The van der Waals surface area contributed by atoms with Gasteiger partial charge in [0.2, 0.25) is 5.91 Å². The van der Waals surface area contributed by atoms with Crippen molar-refractivity contribution < 1.29 is 23.0 Å². The molecule has 7 nitrogen and oxygen atoms in total. The zero-order valence-corrected chi connectivity index (χ0v) is 18.4. The Balaban J connectivity index is 1.35. The van der Waals surface area contributed by atoms with Crippen LogP contribution in [0.2, 0.25) is 5.15 Å². The number of benzene rings is 1. The van der Waals surface area contributed by atoms with E-state index in [0.717, 1.165) is 6.07 Å². The van der Waals surface area contributed by atoms with E-state index >= 15 is 0 Å². The highest BCUT2D eigenvalue weighted by Gasteiger charge is 2.51. The number of fused-ring (bicyclic) bond motifs is 2. The topological polar surface area (TPSA) is 67.8 Å². The number of halogens is 3. The lowest BCUT2D eigenvalue weighted by atomic mass is 9.78. The lowest BCUT2D eigenvalue weighted by Crippen LogP contribution is -2.51. The summed E-state index contributed by atoms with van der Waals surface area (Å²) < 4.78 is 38.4. The van der Waals surface area contributed by atoms with Crippen molar-refractivity contribution in [1.82, 2.24) is 14.9 Å². The highest BCUT2D eigenvalue weighted by Crippen LogP contribution is 2.41. The fraction of sp³-hybridized carbons (Fsp3) is 0.500. The Morgan fingerprint density at radius 2 is 2.03 bits per heavy atom. The SMILES string of the molecule is CN1Cc2nc(Cl)c(N3CCC(Oc4ccc(F)cc4F)CC3)nc2C2(CCOC2)C1=O. The second kappa shape index (κ2) is 8.12. The Kier molecular flexibility index (Phi) is 5.41. The van der Waals surface area contributed by atoms with Crippen LogP contribution in [0.3, 0.4) is 0 Å². The molecule has 170 valence electrons. The van der Waals surface area contributed by atoms with Crippen LogP contribution in [0.25, 0.3) is 0 Å². The van der Waals surface area contributed by atoms with Gasteiger partial charge in [0.05, 0.1) is 24.5 Å². The number of hydrogen-bond donors (Lipinski definition) is 0. The van der Waals surface area contributed by atoms with Crippen molar-refractivity contribution in [2.45, 2.75) is 37.3 Å². The highest BCUT2D eigenvalue weighted by molar-refractivity contribution is 6.31. The molecule has 1 aromatic carbocycles. The summed E-state index contributed by atoms with van der Waals surface area (Å²) in [7, 11) is 1.75. The molecule has 2 saturated heterocycles. The van der Waals surface area contributed by atoms with Gasteiger partial charge >= 0.3 is 0 Å². The predicted molar refractivity (Wildman–Crippen MR) is 113 cm³/mol. The van der Waals surface area contributed by atoms with Crippen molar-refractivity contribution in [3.8, 4) is 5.75 Å². The minimum Gasteiger partial charge on any atom is -0.487 e. The van der Waals surface area contributed by atoms with Gasteiger partial charge in [0, 0.05) is 45.7 Å². The second-order valence-electron chi connectivity index (χ2n) is 8.56. The van der Waals surface area contributed by atoms with Gasteiger partial charge in [-0.15, -0.1) is 0 Å². The van der Waals surface area contributed by atoms with Crippen LogP contribution in [0.1, 0.15) is 30.7 Å².